The van der Waals surface area contributed by atoms with Gasteiger partial charge in [0.25, 0.3) is 11.8 Å². The summed E-state index contributed by atoms with van der Waals surface area (Å²) in [6.07, 6.45) is 1.39. The van der Waals surface area contributed by atoms with Gasteiger partial charge >= 0.3 is 0 Å². The zero-order valence-corrected chi connectivity index (χ0v) is 14.9. The van der Waals surface area contributed by atoms with Crippen LogP contribution in [0, 0.1) is 5.41 Å². The molecule has 1 atom stereocenters. The van der Waals surface area contributed by atoms with Gasteiger partial charge in [0.05, 0.1) is 17.0 Å². The topological polar surface area (TPSA) is 52.7 Å². The molecule has 2 saturated heterocycles. The minimum Gasteiger partial charge on any atom is -0.306 e. The summed E-state index contributed by atoms with van der Waals surface area (Å²) in [4.78, 5) is 28.9. The Morgan fingerprint density at radius 1 is 0.923 bits per heavy atom. The van der Waals surface area contributed by atoms with Crippen molar-refractivity contribution in [2.24, 2.45) is 5.41 Å². The number of para-hydroxylation sites is 1. The smallest absolute Gasteiger partial charge is 0.256 e. The molecule has 0 saturated carbocycles. The molecule has 134 valence electrons. The van der Waals surface area contributed by atoms with Crippen molar-refractivity contribution < 1.29 is 9.59 Å². The molecule has 0 aromatic heterocycles. The SMILES string of the molecule is CN1CCC2(CC1)C(=O)N(Nc1ccccc1)C(=O)[C@@H]2c1ccccc1. The summed E-state index contributed by atoms with van der Waals surface area (Å²) in [6, 6.07) is 19.1. The highest BCUT2D eigenvalue weighted by molar-refractivity contribution is 6.11. The number of hydrazine groups is 1. The van der Waals surface area contributed by atoms with E-state index in [0.717, 1.165) is 24.3 Å². The van der Waals surface area contributed by atoms with E-state index in [0.29, 0.717) is 12.8 Å². The van der Waals surface area contributed by atoms with Crippen molar-refractivity contribution >= 4 is 17.5 Å². The van der Waals surface area contributed by atoms with Crippen LogP contribution in [0.3, 0.4) is 0 Å². The lowest BCUT2D eigenvalue weighted by Gasteiger charge is -2.38. The van der Waals surface area contributed by atoms with Crippen LogP contribution in [0.4, 0.5) is 5.69 Å². The van der Waals surface area contributed by atoms with Crippen molar-refractivity contribution in [1.82, 2.24) is 9.91 Å². The molecule has 2 aliphatic rings. The van der Waals surface area contributed by atoms with Crippen molar-refractivity contribution in [2.45, 2.75) is 18.8 Å². The lowest BCUT2D eigenvalue weighted by atomic mass is 9.67. The van der Waals surface area contributed by atoms with Gasteiger partial charge in [0.2, 0.25) is 0 Å². The van der Waals surface area contributed by atoms with Gasteiger partial charge in [-0.1, -0.05) is 48.5 Å². The Morgan fingerprint density at radius 3 is 2.12 bits per heavy atom. The number of carbonyl (C=O) groups is 2. The van der Waals surface area contributed by atoms with E-state index >= 15 is 0 Å². The minimum absolute atomic E-state index is 0.103. The largest absolute Gasteiger partial charge is 0.306 e. The lowest BCUT2D eigenvalue weighted by molar-refractivity contribution is -0.140. The summed E-state index contributed by atoms with van der Waals surface area (Å²) in [6.45, 7) is 1.64. The van der Waals surface area contributed by atoms with E-state index in [1.807, 2.05) is 60.7 Å². The number of hydrogen-bond donors (Lipinski definition) is 1. The molecule has 0 unspecified atom stereocenters. The third kappa shape index (κ3) is 2.69. The van der Waals surface area contributed by atoms with Crippen molar-refractivity contribution in [2.75, 3.05) is 25.6 Å². The number of rotatable bonds is 3. The van der Waals surface area contributed by atoms with Gasteiger partial charge < -0.3 is 4.90 Å². The van der Waals surface area contributed by atoms with Gasteiger partial charge in [0, 0.05) is 0 Å². The Kier molecular flexibility index (Phi) is 4.24. The maximum atomic E-state index is 13.4. The number of nitrogens with one attached hydrogen (secondary N) is 1. The molecule has 2 aliphatic heterocycles. The number of nitrogens with zero attached hydrogens (tertiary/aromatic N) is 2. The van der Waals surface area contributed by atoms with Gasteiger partial charge in [-0.2, -0.15) is 5.01 Å². The fourth-order valence-corrected chi connectivity index (χ4v) is 4.19. The van der Waals surface area contributed by atoms with E-state index in [1.165, 1.54) is 5.01 Å². The third-order valence-corrected chi connectivity index (χ3v) is 5.68. The molecule has 1 spiro atoms. The molecule has 0 bridgehead atoms. The number of likely N-dealkylation sites (tertiary alicyclic amines) is 1. The van der Waals surface area contributed by atoms with Crippen LogP contribution < -0.4 is 5.43 Å². The van der Waals surface area contributed by atoms with Crippen LogP contribution >= 0.6 is 0 Å². The Morgan fingerprint density at radius 2 is 1.50 bits per heavy atom. The molecule has 2 aromatic carbocycles. The molecular weight excluding hydrogens is 326 g/mol. The van der Waals surface area contributed by atoms with Crippen molar-refractivity contribution in [3.05, 3.63) is 66.2 Å². The number of hydrogen-bond acceptors (Lipinski definition) is 4. The van der Waals surface area contributed by atoms with E-state index in [2.05, 4.69) is 17.4 Å². The number of carbonyl (C=O) groups excluding carboxylic acids is 2. The Hall–Kier alpha value is -2.66. The second-order valence-corrected chi connectivity index (χ2v) is 7.26. The van der Waals surface area contributed by atoms with Gasteiger partial charge in [-0.05, 0) is 50.7 Å². The lowest BCUT2D eigenvalue weighted by Crippen LogP contribution is -2.46. The van der Waals surface area contributed by atoms with Gasteiger partial charge in [-0.25, -0.2) is 0 Å². The number of imide groups is 1. The molecule has 5 nitrogen and oxygen atoms in total. The summed E-state index contributed by atoms with van der Waals surface area (Å²) < 4.78 is 0. The van der Waals surface area contributed by atoms with Crippen LogP contribution in [0.15, 0.2) is 60.7 Å². The molecule has 4 rings (SSSR count). The van der Waals surface area contributed by atoms with E-state index < -0.39 is 11.3 Å². The molecule has 0 aliphatic carbocycles. The molecular formula is C21H23N3O2. The average molecular weight is 349 g/mol. The summed E-state index contributed by atoms with van der Waals surface area (Å²) in [5, 5.41) is 1.25. The number of piperidine rings is 1. The molecule has 5 heteroatoms. The van der Waals surface area contributed by atoms with Crippen molar-refractivity contribution in [1.29, 1.82) is 0 Å². The highest BCUT2D eigenvalue weighted by atomic mass is 16.2. The first-order valence-electron chi connectivity index (χ1n) is 9.05. The zero-order valence-electron chi connectivity index (χ0n) is 14.9. The van der Waals surface area contributed by atoms with E-state index in [4.69, 9.17) is 0 Å². The Bertz CT molecular complexity index is 799. The minimum atomic E-state index is -0.660. The number of amides is 2. The standard InChI is InChI=1S/C21H23N3O2/c1-23-14-12-21(13-15-23)18(16-8-4-2-5-9-16)19(25)24(20(21)26)22-17-10-6-3-7-11-17/h2-11,18,22H,12-15H2,1H3/t18-/m0/s1. The normalized spacial score (nSPS) is 22.8. The molecule has 2 heterocycles. The first-order chi connectivity index (χ1) is 12.6. The Labute approximate surface area is 153 Å². The quantitative estimate of drug-likeness (QED) is 0.866. The third-order valence-electron chi connectivity index (χ3n) is 5.68. The summed E-state index contributed by atoms with van der Waals surface area (Å²) >= 11 is 0. The second kappa shape index (κ2) is 6.57. The summed E-state index contributed by atoms with van der Waals surface area (Å²) in [5.41, 5.74) is 4.05. The monoisotopic (exact) mass is 349 g/mol. The Balaban J connectivity index is 1.73. The molecule has 26 heavy (non-hydrogen) atoms. The van der Waals surface area contributed by atoms with Gasteiger partial charge in [0.1, 0.15) is 0 Å². The molecule has 2 amide bonds. The van der Waals surface area contributed by atoms with Gasteiger partial charge in [-0.3, -0.25) is 15.0 Å². The van der Waals surface area contributed by atoms with Gasteiger partial charge in [0.15, 0.2) is 0 Å². The van der Waals surface area contributed by atoms with Crippen LogP contribution in [0.2, 0.25) is 0 Å². The van der Waals surface area contributed by atoms with Gasteiger partial charge in [-0.15, -0.1) is 0 Å². The maximum absolute atomic E-state index is 13.4. The fourth-order valence-electron chi connectivity index (χ4n) is 4.19. The maximum Gasteiger partial charge on any atom is 0.256 e. The predicted molar refractivity (Wildman–Crippen MR) is 100 cm³/mol. The van der Waals surface area contributed by atoms with E-state index in [1.54, 1.807) is 0 Å². The highest BCUT2D eigenvalue weighted by Gasteiger charge is 2.60. The average Bonchev–Trinajstić information content (AvgIpc) is 2.87. The van der Waals surface area contributed by atoms with E-state index in [-0.39, 0.29) is 11.8 Å². The van der Waals surface area contributed by atoms with Crippen LogP contribution in [0.25, 0.3) is 0 Å². The first kappa shape index (κ1) is 16.8. The molecule has 1 N–H and O–H groups in total. The predicted octanol–water partition coefficient (Wildman–Crippen LogP) is 2.88. The van der Waals surface area contributed by atoms with Crippen LogP contribution in [-0.2, 0) is 9.59 Å². The number of benzene rings is 2. The van der Waals surface area contributed by atoms with Crippen molar-refractivity contribution in [3.63, 3.8) is 0 Å². The zero-order chi connectivity index (χ0) is 18.1. The van der Waals surface area contributed by atoms with Crippen LogP contribution in [0.5, 0.6) is 0 Å². The highest BCUT2D eigenvalue weighted by Crippen LogP contribution is 2.51. The second-order valence-electron chi connectivity index (χ2n) is 7.26. The summed E-state index contributed by atoms with van der Waals surface area (Å²) in [7, 11) is 2.06. The molecule has 2 aromatic rings. The molecule has 0 radical (unpaired) electrons. The van der Waals surface area contributed by atoms with Crippen molar-refractivity contribution in [3.8, 4) is 0 Å². The molecule has 2 fully saturated rings. The number of anilines is 1. The van der Waals surface area contributed by atoms with Crippen LogP contribution in [0.1, 0.15) is 24.3 Å². The van der Waals surface area contributed by atoms with E-state index in [9.17, 15) is 9.59 Å². The fraction of sp³-hybridized carbons (Fsp3) is 0.333. The van der Waals surface area contributed by atoms with Crippen LogP contribution in [-0.4, -0.2) is 41.9 Å². The summed E-state index contributed by atoms with van der Waals surface area (Å²) in [5.74, 6) is -0.691. The first-order valence-corrected chi connectivity index (χ1v) is 9.05.